The summed E-state index contributed by atoms with van der Waals surface area (Å²) in [6.07, 6.45) is -7.40. The second kappa shape index (κ2) is 4.83. The van der Waals surface area contributed by atoms with E-state index in [1.165, 1.54) is 0 Å². The second-order valence-corrected chi connectivity index (χ2v) is 3.19. The van der Waals surface area contributed by atoms with Gasteiger partial charge in [0.05, 0.1) is 0 Å². The number of alkyl halides is 3. The Labute approximate surface area is 96.4 Å². The fraction of sp³-hybridized carbons (Fsp3) is 0.333. The van der Waals surface area contributed by atoms with Crippen LogP contribution in [0.4, 0.5) is 26.3 Å². The summed E-state index contributed by atoms with van der Waals surface area (Å²) in [5, 5.41) is 0. The van der Waals surface area contributed by atoms with Gasteiger partial charge in [0, 0.05) is 6.07 Å². The minimum atomic E-state index is -4.86. The van der Waals surface area contributed by atoms with Crippen LogP contribution >= 0.6 is 0 Å². The molecule has 0 saturated heterocycles. The monoisotopic (exact) mass is 273 g/mol. The van der Waals surface area contributed by atoms with Gasteiger partial charge in [0.15, 0.2) is 11.9 Å². The third-order valence-electron chi connectivity index (χ3n) is 1.85. The minimum Gasteiger partial charge on any atom is -0.449 e. The molecule has 0 aliphatic heterocycles. The third kappa shape index (κ3) is 3.11. The highest BCUT2D eigenvalue weighted by atomic mass is 19.4. The maximum atomic E-state index is 13.0. The van der Waals surface area contributed by atoms with Crippen molar-refractivity contribution in [2.24, 2.45) is 0 Å². The summed E-state index contributed by atoms with van der Waals surface area (Å²) < 4.78 is 78.2. The third-order valence-corrected chi connectivity index (χ3v) is 1.85. The molecule has 100 valence electrons. The van der Waals surface area contributed by atoms with E-state index in [4.69, 9.17) is 0 Å². The molecular weight excluding hydrogens is 268 g/mol. The molecule has 0 radical (unpaired) electrons. The van der Waals surface area contributed by atoms with Gasteiger partial charge in [-0.15, -0.1) is 0 Å². The average Bonchev–Trinajstić information content (AvgIpc) is 2.21. The lowest BCUT2D eigenvalue weighted by Crippen LogP contribution is -2.31. The van der Waals surface area contributed by atoms with Crippen molar-refractivity contribution in [3.8, 4) is 0 Å². The first kappa shape index (κ1) is 14.3. The van der Waals surface area contributed by atoms with Gasteiger partial charge in [-0.1, -0.05) is 0 Å². The Bertz CT molecular complexity index is 473. The first-order chi connectivity index (χ1) is 8.12. The van der Waals surface area contributed by atoms with Crippen molar-refractivity contribution < 1.29 is 35.9 Å². The zero-order valence-corrected chi connectivity index (χ0v) is 8.69. The van der Waals surface area contributed by atoms with Gasteiger partial charge >= 0.3 is 12.1 Å². The van der Waals surface area contributed by atoms with Crippen molar-refractivity contribution in [2.75, 3.05) is 0 Å². The number of nitrogens with zero attached hydrogens (tertiary/aromatic N) is 1. The molecular formula is C9H5F6NO2. The van der Waals surface area contributed by atoms with Crippen molar-refractivity contribution in [1.29, 1.82) is 0 Å². The van der Waals surface area contributed by atoms with Crippen LogP contribution in [0.1, 0.15) is 17.3 Å². The van der Waals surface area contributed by atoms with E-state index in [0.717, 1.165) is 0 Å². The fourth-order valence-corrected chi connectivity index (χ4v) is 0.908. The summed E-state index contributed by atoms with van der Waals surface area (Å²) >= 11 is 0. The number of carbonyl (C=O) groups is 1. The summed E-state index contributed by atoms with van der Waals surface area (Å²) in [5.74, 6) is -7.21. The first-order valence-electron chi connectivity index (χ1n) is 4.42. The van der Waals surface area contributed by atoms with Gasteiger partial charge in [-0.25, -0.2) is 9.18 Å². The Hall–Kier alpha value is -1.80. The van der Waals surface area contributed by atoms with E-state index in [1.54, 1.807) is 0 Å². The standard InChI is InChI=1S/C9H5F6NO2/c1-3(9(13,14)15)18-8(17)4-2-5(10)16-7(12)6(4)11/h2-3H,1H3. The summed E-state index contributed by atoms with van der Waals surface area (Å²) in [6, 6.07) is 0.143. The van der Waals surface area contributed by atoms with Crippen molar-refractivity contribution in [2.45, 2.75) is 19.2 Å². The van der Waals surface area contributed by atoms with Gasteiger partial charge in [-0.05, 0) is 6.92 Å². The highest BCUT2D eigenvalue weighted by Gasteiger charge is 2.39. The van der Waals surface area contributed by atoms with Gasteiger partial charge in [0.2, 0.25) is 5.95 Å². The highest BCUT2D eigenvalue weighted by molar-refractivity contribution is 5.89. The summed E-state index contributed by atoms with van der Waals surface area (Å²) in [6.45, 7) is 0.490. The maximum Gasteiger partial charge on any atom is 0.425 e. The Morgan fingerprint density at radius 3 is 2.39 bits per heavy atom. The predicted molar refractivity (Wildman–Crippen MR) is 45.0 cm³/mol. The van der Waals surface area contributed by atoms with Crippen LogP contribution in [0.15, 0.2) is 6.07 Å². The van der Waals surface area contributed by atoms with Crippen LogP contribution in [0.5, 0.6) is 0 Å². The molecule has 1 rings (SSSR count). The zero-order valence-electron chi connectivity index (χ0n) is 8.69. The molecule has 0 aliphatic rings. The number of hydrogen-bond acceptors (Lipinski definition) is 3. The lowest BCUT2D eigenvalue weighted by atomic mass is 10.2. The van der Waals surface area contributed by atoms with Crippen molar-refractivity contribution >= 4 is 5.97 Å². The number of carbonyl (C=O) groups excluding carboxylic acids is 1. The number of aromatic nitrogens is 1. The van der Waals surface area contributed by atoms with Crippen LogP contribution in [0.3, 0.4) is 0 Å². The van der Waals surface area contributed by atoms with Crippen LogP contribution < -0.4 is 0 Å². The van der Waals surface area contributed by atoms with Crippen LogP contribution in [-0.4, -0.2) is 23.2 Å². The SMILES string of the molecule is CC(OC(=O)c1cc(F)nc(F)c1F)C(F)(F)F. The molecule has 0 amide bonds. The number of rotatable bonds is 2. The molecule has 0 bridgehead atoms. The van der Waals surface area contributed by atoms with Crippen LogP contribution in [0.2, 0.25) is 0 Å². The lowest BCUT2D eigenvalue weighted by Gasteiger charge is -2.16. The zero-order chi connectivity index (χ0) is 14.1. The summed E-state index contributed by atoms with van der Waals surface area (Å²) in [5.41, 5.74) is -1.30. The van der Waals surface area contributed by atoms with E-state index in [9.17, 15) is 31.1 Å². The number of ether oxygens (including phenoxy) is 1. The highest BCUT2D eigenvalue weighted by Crippen LogP contribution is 2.24. The molecule has 1 aromatic heterocycles. The first-order valence-corrected chi connectivity index (χ1v) is 4.42. The average molecular weight is 273 g/mol. The molecule has 3 nitrogen and oxygen atoms in total. The predicted octanol–water partition coefficient (Wildman–Crippen LogP) is 2.61. The van der Waals surface area contributed by atoms with Gasteiger partial charge in [0.25, 0.3) is 5.95 Å². The van der Waals surface area contributed by atoms with Crippen molar-refractivity contribution in [3.05, 3.63) is 29.3 Å². The largest absolute Gasteiger partial charge is 0.449 e. The summed E-state index contributed by atoms with van der Waals surface area (Å²) in [4.78, 5) is 13.5. The van der Waals surface area contributed by atoms with Gasteiger partial charge in [-0.3, -0.25) is 0 Å². The molecule has 0 spiro atoms. The minimum absolute atomic E-state index is 0.143. The van der Waals surface area contributed by atoms with Gasteiger partial charge < -0.3 is 4.74 Å². The Kier molecular flexibility index (Phi) is 3.82. The smallest absolute Gasteiger partial charge is 0.425 e. The Morgan fingerprint density at radius 2 is 1.89 bits per heavy atom. The molecule has 0 N–H and O–H groups in total. The van der Waals surface area contributed by atoms with E-state index in [-0.39, 0.29) is 6.07 Å². The topological polar surface area (TPSA) is 39.2 Å². The lowest BCUT2D eigenvalue weighted by molar-refractivity contribution is -0.198. The van der Waals surface area contributed by atoms with Gasteiger partial charge in [-0.2, -0.15) is 26.9 Å². The molecule has 0 aliphatic carbocycles. The van der Waals surface area contributed by atoms with Gasteiger partial charge in [0.1, 0.15) is 5.56 Å². The quantitative estimate of drug-likeness (QED) is 0.472. The van der Waals surface area contributed by atoms with Crippen molar-refractivity contribution in [1.82, 2.24) is 4.98 Å². The molecule has 0 aromatic carbocycles. The number of pyridine rings is 1. The van der Waals surface area contributed by atoms with E-state index in [1.807, 2.05) is 0 Å². The molecule has 9 heteroatoms. The second-order valence-electron chi connectivity index (χ2n) is 3.19. The van der Waals surface area contributed by atoms with Crippen LogP contribution in [-0.2, 0) is 4.74 Å². The number of halogens is 6. The van der Waals surface area contributed by atoms with E-state index >= 15 is 0 Å². The van der Waals surface area contributed by atoms with Crippen LogP contribution in [0.25, 0.3) is 0 Å². The maximum absolute atomic E-state index is 13.0. The fourth-order valence-electron chi connectivity index (χ4n) is 0.908. The molecule has 1 heterocycles. The molecule has 0 fully saturated rings. The number of hydrogen-bond donors (Lipinski definition) is 0. The molecule has 1 aromatic rings. The van der Waals surface area contributed by atoms with E-state index in [2.05, 4.69) is 9.72 Å². The van der Waals surface area contributed by atoms with E-state index in [0.29, 0.717) is 6.92 Å². The van der Waals surface area contributed by atoms with Crippen LogP contribution in [0, 0.1) is 17.7 Å². The normalized spacial score (nSPS) is 13.3. The molecule has 1 unspecified atom stereocenters. The van der Waals surface area contributed by atoms with Crippen molar-refractivity contribution in [3.63, 3.8) is 0 Å². The Morgan fingerprint density at radius 1 is 1.33 bits per heavy atom. The van der Waals surface area contributed by atoms with E-state index < -0.39 is 41.5 Å². The summed E-state index contributed by atoms with van der Waals surface area (Å²) in [7, 11) is 0. The number of esters is 1. The molecule has 18 heavy (non-hydrogen) atoms. The molecule has 0 saturated carbocycles. The Balaban J connectivity index is 2.99. The molecule has 1 atom stereocenters.